The Hall–Kier alpha value is -1.18. The van der Waals surface area contributed by atoms with E-state index in [0.717, 1.165) is 17.3 Å². The summed E-state index contributed by atoms with van der Waals surface area (Å²) in [4.78, 5) is 0. The van der Waals surface area contributed by atoms with Crippen molar-refractivity contribution in [3.8, 4) is 0 Å². The molecular weight excluding hydrogens is 289 g/mol. The van der Waals surface area contributed by atoms with Gasteiger partial charge in [0.05, 0.1) is 10.7 Å². The van der Waals surface area contributed by atoms with E-state index in [0.29, 0.717) is 10.9 Å². The van der Waals surface area contributed by atoms with Gasteiger partial charge in [-0.2, -0.15) is 0 Å². The van der Waals surface area contributed by atoms with Crippen molar-refractivity contribution in [1.29, 1.82) is 0 Å². The first-order chi connectivity index (χ1) is 9.74. The predicted molar refractivity (Wildman–Crippen MR) is 87.1 cm³/mol. The first kappa shape index (κ1) is 13.8. The molecule has 1 nitrogen and oxygen atoms in total. The Balaban J connectivity index is 1.75. The van der Waals surface area contributed by atoms with Crippen LogP contribution in [0.2, 0.25) is 10.0 Å². The van der Waals surface area contributed by atoms with Crippen LogP contribution in [0, 0.1) is 0 Å². The minimum absolute atomic E-state index is 0.551. The van der Waals surface area contributed by atoms with Crippen LogP contribution in [0.3, 0.4) is 0 Å². The lowest BCUT2D eigenvalue weighted by Gasteiger charge is -2.26. The number of nitrogens with one attached hydrogen (secondary N) is 1. The average molecular weight is 306 g/mol. The van der Waals surface area contributed by atoms with Crippen LogP contribution in [0.5, 0.6) is 0 Å². The molecule has 0 saturated heterocycles. The number of hydrogen-bond donors (Lipinski definition) is 1. The quantitative estimate of drug-likeness (QED) is 0.786. The van der Waals surface area contributed by atoms with E-state index in [1.165, 1.54) is 30.4 Å². The van der Waals surface area contributed by atoms with E-state index in [-0.39, 0.29) is 0 Å². The lowest BCUT2D eigenvalue weighted by Crippen LogP contribution is -2.18. The van der Waals surface area contributed by atoms with Gasteiger partial charge in [-0.05, 0) is 48.6 Å². The van der Waals surface area contributed by atoms with Crippen LogP contribution in [0.15, 0.2) is 42.5 Å². The number of anilines is 1. The summed E-state index contributed by atoms with van der Waals surface area (Å²) < 4.78 is 0. The second kappa shape index (κ2) is 6.07. The zero-order valence-corrected chi connectivity index (χ0v) is 12.7. The SMILES string of the molecule is Clc1ccc(Cl)c(NCC2CCCc3ccccc32)c1. The summed E-state index contributed by atoms with van der Waals surface area (Å²) in [5.74, 6) is 0.551. The van der Waals surface area contributed by atoms with Crippen molar-refractivity contribution in [3.05, 3.63) is 63.6 Å². The zero-order valence-electron chi connectivity index (χ0n) is 11.2. The summed E-state index contributed by atoms with van der Waals surface area (Å²) in [5.41, 5.74) is 3.88. The highest BCUT2D eigenvalue weighted by Gasteiger charge is 2.19. The number of fused-ring (bicyclic) bond motifs is 1. The maximum absolute atomic E-state index is 6.19. The monoisotopic (exact) mass is 305 g/mol. The summed E-state index contributed by atoms with van der Waals surface area (Å²) in [6.07, 6.45) is 3.68. The minimum atomic E-state index is 0.551. The highest BCUT2D eigenvalue weighted by atomic mass is 35.5. The van der Waals surface area contributed by atoms with Crippen molar-refractivity contribution in [3.63, 3.8) is 0 Å². The van der Waals surface area contributed by atoms with Crippen LogP contribution >= 0.6 is 23.2 Å². The Morgan fingerprint density at radius 2 is 1.95 bits per heavy atom. The summed E-state index contributed by atoms with van der Waals surface area (Å²) in [5, 5.41) is 4.88. The van der Waals surface area contributed by atoms with Gasteiger partial charge < -0.3 is 5.32 Å². The third-order valence-corrected chi connectivity index (χ3v) is 4.53. The van der Waals surface area contributed by atoms with E-state index in [4.69, 9.17) is 23.2 Å². The van der Waals surface area contributed by atoms with Crippen molar-refractivity contribution in [2.45, 2.75) is 25.2 Å². The fourth-order valence-electron chi connectivity index (χ4n) is 2.93. The van der Waals surface area contributed by atoms with Gasteiger partial charge in [0.25, 0.3) is 0 Å². The van der Waals surface area contributed by atoms with Crippen LogP contribution in [-0.2, 0) is 6.42 Å². The Morgan fingerprint density at radius 3 is 2.85 bits per heavy atom. The average Bonchev–Trinajstić information content (AvgIpc) is 2.48. The largest absolute Gasteiger partial charge is 0.383 e. The summed E-state index contributed by atoms with van der Waals surface area (Å²) in [6, 6.07) is 14.3. The van der Waals surface area contributed by atoms with Gasteiger partial charge in [0.1, 0.15) is 0 Å². The van der Waals surface area contributed by atoms with E-state index in [1.807, 2.05) is 18.2 Å². The highest BCUT2D eigenvalue weighted by Crippen LogP contribution is 2.33. The van der Waals surface area contributed by atoms with Crippen molar-refractivity contribution in [2.24, 2.45) is 0 Å². The molecule has 0 spiro atoms. The van der Waals surface area contributed by atoms with Crippen LogP contribution in [0.25, 0.3) is 0 Å². The molecule has 1 aliphatic carbocycles. The molecule has 0 heterocycles. The maximum atomic E-state index is 6.19. The van der Waals surface area contributed by atoms with E-state index in [1.54, 1.807) is 0 Å². The van der Waals surface area contributed by atoms with Gasteiger partial charge in [0, 0.05) is 17.5 Å². The van der Waals surface area contributed by atoms with E-state index in [2.05, 4.69) is 29.6 Å². The second-order valence-electron chi connectivity index (χ2n) is 5.29. The fraction of sp³-hybridized carbons (Fsp3) is 0.294. The van der Waals surface area contributed by atoms with Gasteiger partial charge in [-0.3, -0.25) is 0 Å². The van der Waals surface area contributed by atoms with Gasteiger partial charge in [0.15, 0.2) is 0 Å². The Kier molecular flexibility index (Phi) is 4.18. The van der Waals surface area contributed by atoms with Gasteiger partial charge in [0.2, 0.25) is 0 Å². The smallest absolute Gasteiger partial charge is 0.0638 e. The molecule has 0 aromatic heterocycles. The molecular formula is C17H17Cl2N. The molecule has 0 saturated carbocycles. The van der Waals surface area contributed by atoms with Crippen molar-refractivity contribution < 1.29 is 0 Å². The molecule has 1 aliphatic rings. The third kappa shape index (κ3) is 2.94. The van der Waals surface area contributed by atoms with E-state index >= 15 is 0 Å². The van der Waals surface area contributed by atoms with E-state index in [9.17, 15) is 0 Å². The molecule has 0 aliphatic heterocycles. The molecule has 3 rings (SSSR count). The number of hydrogen-bond acceptors (Lipinski definition) is 1. The van der Waals surface area contributed by atoms with Gasteiger partial charge >= 0.3 is 0 Å². The molecule has 2 aromatic rings. The molecule has 0 radical (unpaired) electrons. The zero-order chi connectivity index (χ0) is 13.9. The maximum Gasteiger partial charge on any atom is 0.0638 e. The fourth-order valence-corrected chi connectivity index (χ4v) is 3.29. The number of rotatable bonds is 3. The van der Waals surface area contributed by atoms with Crippen molar-refractivity contribution in [1.82, 2.24) is 0 Å². The number of aryl methyl sites for hydroxylation is 1. The molecule has 104 valence electrons. The van der Waals surface area contributed by atoms with Crippen LogP contribution in [0.4, 0.5) is 5.69 Å². The van der Waals surface area contributed by atoms with Crippen molar-refractivity contribution in [2.75, 3.05) is 11.9 Å². The summed E-state index contributed by atoms with van der Waals surface area (Å²) in [6.45, 7) is 0.900. The Bertz CT molecular complexity index is 610. The predicted octanol–water partition coefficient (Wildman–Crippen LogP) is 5.53. The van der Waals surface area contributed by atoms with Gasteiger partial charge in [-0.1, -0.05) is 47.5 Å². The third-order valence-electron chi connectivity index (χ3n) is 3.96. The Labute approximate surface area is 129 Å². The topological polar surface area (TPSA) is 12.0 Å². The number of halogens is 2. The molecule has 1 atom stereocenters. The normalized spacial score (nSPS) is 17.6. The first-order valence-corrected chi connectivity index (χ1v) is 7.76. The first-order valence-electron chi connectivity index (χ1n) is 7.01. The second-order valence-corrected chi connectivity index (χ2v) is 6.14. The van der Waals surface area contributed by atoms with Gasteiger partial charge in [-0.15, -0.1) is 0 Å². The lowest BCUT2D eigenvalue weighted by atomic mass is 9.83. The Morgan fingerprint density at radius 1 is 1.10 bits per heavy atom. The van der Waals surface area contributed by atoms with Gasteiger partial charge in [-0.25, -0.2) is 0 Å². The lowest BCUT2D eigenvalue weighted by molar-refractivity contribution is 0.572. The van der Waals surface area contributed by atoms with Crippen LogP contribution in [0.1, 0.15) is 29.9 Å². The molecule has 20 heavy (non-hydrogen) atoms. The van der Waals surface area contributed by atoms with Crippen LogP contribution in [-0.4, -0.2) is 6.54 Å². The summed E-state index contributed by atoms with van der Waals surface area (Å²) in [7, 11) is 0. The molecule has 3 heteroatoms. The molecule has 0 fully saturated rings. The van der Waals surface area contributed by atoms with Crippen molar-refractivity contribution >= 4 is 28.9 Å². The minimum Gasteiger partial charge on any atom is -0.383 e. The molecule has 0 bridgehead atoms. The molecule has 1 N–H and O–H groups in total. The molecule has 0 amide bonds. The molecule has 2 aromatic carbocycles. The summed E-state index contributed by atoms with van der Waals surface area (Å²) >= 11 is 12.2. The van der Waals surface area contributed by atoms with E-state index < -0.39 is 0 Å². The van der Waals surface area contributed by atoms with Crippen LogP contribution < -0.4 is 5.32 Å². The highest BCUT2D eigenvalue weighted by molar-refractivity contribution is 6.35. The standard InChI is InChI=1S/C17H17Cl2N/c18-14-8-9-16(19)17(10-14)20-11-13-6-3-5-12-4-1-2-7-15(12)13/h1-2,4,7-10,13,20H,3,5-6,11H2. The molecule has 1 unspecified atom stereocenters. The number of benzene rings is 2.